The molecule has 0 spiro atoms. The maximum atomic E-state index is 12.2. The monoisotopic (exact) mass is 125 g/mol. The summed E-state index contributed by atoms with van der Waals surface area (Å²) in [5.41, 5.74) is 0.495. The zero-order valence-corrected chi connectivity index (χ0v) is 4.80. The third kappa shape index (κ3) is 1.50. The summed E-state index contributed by atoms with van der Waals surface area (Å²) in [6.07, 6.45) is 0. The predicted octanol–water partition coefficient (Wildman–Crippen LogP) is 1.76. The van der Waals surface area contributed by atoms with Gasteiger partial charge in [0.05, 0.1) is 0 Å². The van der Waals surface area contributed by atoms with E-state index >= 15 is 0 Å². The van der Waals surface area contributed by atoms with Crippen LogP contribution in [0.15, 0.2) is 24.3 Å². The molecular formula is C7H6FO. The molecule has 1 nitrogen and oxygen atoms in total. The van der Waals surface area contributed by atoms with Crippen LogP contribution in [0.4, 0.5) is 4.39 Å². The Morgan fingerprint density at radius 1 is 1.44 bits per heavy atom. The van der Waals surface area contributed by atoms with Gasteiger partial charge in [0, 0.05) is 0 Å². The van der Waals surface area contributed by atoms with Crippen molar-refractivity contribution < 1.29 is 9.50 Å². The van der Waals surface area contributed by atoms with Crippen molar-refractivity contribution in [3.05, 3.63) is 35.6 Å². The van der Waals surface area contributed by atoms with Gasteiger partial charge in [0.2, 0.25) is 0 Å². The summed E-state index contributed by atoms with van der Waals surface area (Å²) in [6.45, 7) is -0.349. The molecule has 0 amide bonds. The molecule has 0 aliphatic heterocycles. The zero-order chi connectivity index (χ0) is 6.69. The van der Waals surface area contributed by atoms with E-state index in [0.717, 1.165) is 0 Å². The molecule has 0 fully saturated rings. The first-order chi connectivity index (χ1) is 4.33. The highest BCUT2D eigenvalue weighted by atomic mass is 19.1. The molecule has 0 heterocycles. The van der Waals surface area contributed by atoms with Crippen molar-refractivity contribution in [2.45, 2.75) is 6.61 Å². The molecule has 0 saturated carbocycles. The van der Waals surface area contributed by atoms with E-state index in [1.807, 2.05) is 0 Å². The number of hydrogen-bond acceptors (Lipinski definition) is 0. The Hall–Kier alpha value is -0.890. The summed E-state index contributed by atoms with van der Waals surface area (Å²) in [5.74, 6) is -0.344. The second kappa shape index (κ2) is 2.60. The summed E-state index contributed by atoms with van der Waals surface area (Å²) < 4.78 is 12.2. The number of rotatable bonds is 1. The summed E-state index contributed by atoms with van der Waals surface area (Å²) in [6, 6.07) is 5.70. The van der Waals surface area contributed by atoms with Gasteiger partial charge in [0.1, 0.15) is 12.4 Å². The van der Waals surface area contributed by atoms with Gasteiger partial charge in [-0.15, -0.1) is 0 Å². The fourth-order valence-electron chi connectivity index (χ4n) is 0.627. The van der Waals surface area contributed by atoms with E-state index in [2.05, 4.69) is 0 Å². The highest BCUT2D eigenvalue weighted by Crippen LogP contribution is 2.02. The Morgan fingerprint density at radius 2 is 2.22 bits per heavy atom. The van der Waals surface area contributed by atoms with E-state index in [-0.39, 0.29) is 12.4 Å². The normalized spacial score (nSPS) is 9.56. The van der Waals surface area contributed by atoms with Crippen molar-refractivity contribution in [2.75, 3.05) is 0 Å². The summed E-state index contributed by atoms with van der Waals surface area (Å²) >= 11 is 0. The minimum Gasteiger partial charge on any atom is -0.232 e. The lowest BCUT2D eigenvalue weighted by molar-refractivity contribution is 0.177. The molecule has 0 N–H and O–H groups in total. The lowest BCUT2D eigenvalue weighted by Gasteiger charge is -1.90. The second-order valence-electron chi connectivity index (χ2n) is 1.77. The van der Waals surface area contributed by atoms with Crippen molar-refractivity contribution in [1.82, 2.24) is 0 Å². The fraction of sp³-hybridized carbons (Fsp3) is 0.143. The van der Waals surface area contributed by atoms with Crippen LogP contribution in [0.5, 0.6) is 0 Å². The Morgan fingerprint density at radius 3 is 2.67 bits per heavy atom. The van der Waals surface area contributed by atoms with Gasteiger partial charge >= 0.3 is 0 Å². The Labute approximate surface area is 52.8 Å². The SMILES string of the molecule is [O]Cc1cccc(F)c1. The lowest BCUT2D eigenvalue weighted by Crippen LogP contribution is -1.80. The van der Waals surface area contributed by atoms with Crippen LogP contribution in [-0.4, -0.2) is 0 Å². The largest absolute Gasteiger partial charge is 0.232 e. The van der Waals surface area contributed by atoms with Gasteiger partial charge in [-0.3, -0.25) is 0 Å². The molecule has 1 aromatic rings. The summed E-state index contributed by atoms with van der Waals surface area (Å²) in [5, 5.41) is 10.1. The van der Waals surface area contributed by atoms with Gasteiger partial charge in [-0.05, 0) is 17.7 Å². The Bertz CT molecular complexity index is 198. The number of benzene rings is 1. The highest BCUT2D eigenvalue weighted by Gasteiger charge is 1.90. The summed E-state index contributed by atoms with van der Waals surface area (Å²) in [4.78, 5) is 0. The third-order valence-electron chi connectivity index (χ3n) is 1.06. The molecule has 0 saturated heterocycles. The first-order valence-electron chi connectivity index (χ1n) is 2.65. The zero-order valence-electron chi connectivity index (χ0n) is 4.80. The topological polar surface area (TPSA) is 19.9 Å². The first kappa shape index (κ1) is 6.23. The number of hydrogen-bond donors (Lipinski definition) is 0. The van der Waals surface area contributed by atoms with Crippen LogP contribution in [0, 0.1) is 5.82 Å². The van der Waals surface area contributed by atoms with Crippen LogP contribution in [0.3, 0.4) is 0 Å². The highest BCUT2D eigenvalue weighted by molar-refractivity contribution is 5.14. The molecule has 0 bridgehead atoms. The van der Waals surface area contributed by atoms with Gasteiger partial charge in [-0.25, -0.2) is 9.50 Å². The molecular weight excluding hydrogens is 119 g/mol. The van der Waals surface area contributed by atoms with Crippen LogP contribution < -0.4 is 0 Å². The minimum absolute atomic E-state index is 0.344. The van der Waals surface area contributed by atoms with Gasteiger partial charge in [-0.1, -0.05) is 12.1 Å². The van der Waals surface area contributed by atoms with E-state index < -0.39 is 0 Å². The molecule has 0 aromatic heterocycles. The van der Waals surface area contributed by atoms with Crippen LogP contribution in [-0.2, 0) is 11.7 Å². The first-order valence-corrected chi connectivity index (χ1v) is 2.65. The van der Waals surface area contributed by atoms with E-state index in [0.29, 0.717) is 5.56 Å². The predicted molar refractivity (Wildman–Crippen MR) is 30.8 cm³/mol. The minimum atomic E-state index is -0.349. The van der Waals surface area contributed by atoms with Gasteiger partial charge < -0.3 is 0 Å². The van der Waals surface area contributed by atoms with Crippen molar-refractivity contribution in [1.29, 1.82) is 0 Å². The van der Waals surface area contributed by atoms with E-state index in [1.165, 1.54) is 18.2 Å². The van der Waals surface area contributed by atoms with Gasteiger partial charge in [0.25, 0.3) is 0 Å². The van der Waals surface area contributed by atoms with E-state index in [4.69, 9.17) is 0 Å². The number of halogens is 1. The lowest BCUT2D eigenvalue weighted by atomic mass is 10.2. The third-order valence-corrected chi connectivity index (χ3v) is 1.06. The van der Waals surface area contributed by atoms with Crippen LogP contribution >= 0.6 is 0 Å². The molecule has 0 aliphatic rings. The average Bonchev–Trinajstić information content (AvgIpc) is 1.88. The van der Waals surface area contributed by atoms with Crippen molar-refractivity contribution in [3.63, 3.8) is 0 Å². The smallest absolute Gasteiger partial charge is 0.123 e. The standard InChI is InChI=1S/C7H6FO/c8-7-3-1-2-6(4-7)5-9/h1-4H,5H2. The van der Waals surface area contributed by atoms with Crippen LogP contribution in [0.2, 0.25) is 0 Å². The van der Waals surface area contributed by atoms with Crippen molar-refractivity contribution >= 4 is 0 Å². The van der Waals surface area contributed by atoms with Crippen molar-refractivity contribution in [3.8, 4) is 0 Å². The average molecular weight is 125 g/mol. The van der Waals surface area contributed by atoms with Crippen molar-refractivity contribution in [2.24, 2.45) is 0 Å². The molecule has 0 unspecified atom stereocenters. The van der Waals surface area contributed by atoms with Crippen LogP contribution in [0.1, 0.15) is 5.56 Å². The molecule has 9 heavy (non-hydrogen) atoms. The second-order valence-corrected chi connectivity index (χ2v) is 1.77. The maximum absolute atomic E-state index is 12.2. The molecule has 2 heteroatoms. The molecule has 47 valence electrons. The molecule has 1 radical (unpaired) electrons. The Balaban J connectivity index is 2.94. The molecule has 1 aromatic carbocycles. The quantitative estimate of drug-likeness (QED) is 0.545. The maximum Gasteiger partial charge on any atom is 0.123 e. The molecule has 1 rings (SSSR count). The molecule has 0 aliphatic carbocycles. The van der Waals surface area contributed by atoms with Gasteiger partial charge in [-0.2, -0.15) is 0 Å². The van der Waals surface area contributed by atoms with E-state index in [1.54, 1.807) is 6.07 Å². The van der Waals surface area contributed by atoms with Gasteiger partial charge in [0.15, 0.2) is 0 Å². The summed E-state index contributed by atoms with van der Waals surface area (Å²) in [7, 11) is 0. The van der Waals surface area contributed by atoms with Crippen LogP contribution in [0.25, 0.3) is 0 Å². The molecule has 0 atom stereocenters. The van der Waals surface area contributed by atoms with E-state index in [9.17, 15) is 9.50 Å². The Kier molecular flexibility index (Phi) is 1.80. The fourth-order valence-corrected chi connectivity index (χ4v) is 0.627.